The van der Waals surface area contributed by atoms with Gasteiger partial charge in [0.15, 0.2) is 0 Å². The summed E-state index contributed by atoms with van der Waals surface area (Å²) in [6, 6.07) is 0. The minimum Gasteiger partial charge on any atom is -0.340 e. The number of aromatic nitrogens is 2. The molecule has 0 saturated carbocycles. The van der Waals surface area contributed by atoms with Crippen molar-refractivity contribution in [1.82, 2.24) is 20.0 Å². The van der Waals surface area contributed by atoms with E-state index >= 15 is 0 Å². The van der Waals surface area contributed by atoms with Crippen LogP contribution in [0.3, 0.4) is 0 Å². The molecular weight excluding hydrogens is 236 g/mol. The molecule has 1 aromatic heterocycles. The summed E-state index contributed by atoms with van der Waals surface area (Å²) >= 11 is 1.69. The molecule has 0 unspecified atom stereocenters. The molecule has 0 bridgehead atoms. The third-order valence-corrected chi connectivity index (χ3v) is 3.69. The lowest BCUT2D eigenvalue weighted by molar-refractivity contribution is -0.131. The fourth-order valence-corrected chi connectivity index (χ4v) is 2.66. The van der Waals surface area contributed by atoms with E-state index < -0.39 is 0 Å². The van der Waals surface area contributed by atoms with Crippen LogP contribution in [0.5, 0.6) is 0 Å². The summed E-state index contributed by atoms with van der Waals surface area (Å²) in [6.45, 7) is 3.52. The number of piperazine rings is 1. The highest BCUT2D eigenvalue weighted by Crippen LogP contribution is 2.17. The van der Waals surface area contributed by atoms with Crippen LogP contribution < -0.4 is 5.32 Å². The van der Waals surface area contributed by atoms with Crippen molar-refractivity contribution in [2.75, 3.05) is 31.9 Å². The van der Waals surface area contributed by atoms with Crippen LogP contribution in [0.15, 0.2) is 17.3 Å². The van der Waals surface area contributed by atoms with Crippen molar-refractivity contribution in [3.63, 3.8) is 0 Å². The summed E-state index contributed by atoms with van der Waals surface area (Å²) in [5.74, 6) is 1.09. The first-order valence-corrected chi connectivity index (χ1v) is 6.84. The summed E-state index contributed by atoms with van der Waals surface area (Å²) in [5.41, 5.74) is 0. The lowest BCUT2D eigenvalue weighted by Crippen LogP contribution is -2.46. The number of nitrogens with one attached hydrogen (secondary N) is 1. The summed E-state index contributed by atoms with van der Waals surface area (Å²) in [4.78, 5) is 14.9. The zero-order chi connectivity index (χ0) is 12.1. The summed E-state index contributed by atoms with van der Waals surface area (Å²) < 4.78 is 1.78. The Morgan fingerprint density at radius 2 is 2.29 bits per heavy atom. The number of carbonyl (C=O) groups is 1. The normalized spacial score (nSPS) is 16.2. The molecule has 1 N–H and O–H groups in total. The van der Waals surface area contributed by atoms with E-state index in [1.165, 1.54) is 0 Å². The lowest BCUT2D eigenvalue weighted by atomic mass is 10.3. The van der Waals surface area contributed by atoms with E-state index in [0.29, 0.717) is 6.42 Å². The molecule has 0 spiro atoms. The zero-order valence-corrected chi connectivity index (χ0v) is 10.9. The largest absolute Gasteiger partial charge is 0.340 e. The summed E-state index contributed by atoms with van der Waals surface area (Å²) in [7, 11) is 1.90. The number of aryl methyl sites for hydroxylation is 1. The number of hydrogen-bond donors (Lipinski definition) is 1. The molecule has 1 amide bonds. The highest BCUT2D eigenvalue weighted by Gasteiger charge is 2.15. The molecule has 1 saturated heterocycles. The Balaban J connectivity index is 1.69. The monoisotopic (exact) mass is 254 g/mol. The topological polar surface area (TPSA) is 50.2 Å². The van der Waals surface area contributed by atoms with Crippen molar-refractivity contribution in [3.05, 3.63) is 12.4 Å². The second kappa shape index (κ2) is 6.07. The Bertz CT molecular complexity index is 373. The Morgan fingerprint density at radius 1 is 1.53 bits per heavy atom. The third-order valence-electron chi connectivity index (χ3n) is 2.74. The average Bonchev–Trinajstić information content (AvgIpc) is 2.76. The van der Waals surface area contributed by atoms with Gasteiger partial charge in [-0.15, -0.1) is 11.8 Å². The Morgan fingerprint density at radius 3 is 2.94 bits per heavy atom. The average molecular weight is 254 g/mol. The molecule has 0 aliphatic carbocycles. The van der Waals surface area contributed by atoms with Gasteiger partial charge in [-0.3, -0.25) is 9.48 Å². The minimum absolute atomic E-state index is 0.267. The number of rotatable bonds is 4. The number of carbonyl (C=O) groups excluding carboxylic acids is 1. The van der Waals surface area contributed by atoms with Gasteiger partial charge in [0, 0.05) is 56.5 Å². The first kappa shape index (κ1) is 12.4. The van der Waals surface area contributed by atoms with Crippen molar-refractivity contribution >= 4 is 17.7 Å². The fourth-order valence-electron chi connectivity index (χ4n) is 1.80. The molecule has 0 atom stereocenters. The highest BCUT2D eigenvalue weighted by atomic mass is 32.2. The molecule has 1 fully saturated rings. The van der Waals surface area contributed by atoms with E-state index in [0.717, 1.165) is 36.8 Å². The van der Waals surface area contributed by atoms with Crippen LogP contribution >= 0.6 is 11.8 Å². The van der Waals surface area contributed by atoms with Crippen molar-refractivity contribution in [3.8, 4) is 0 Å². The van der Waals surface area contributed by atoms with Gasteiger partial charge < -0.3 is 10.2 Å². The fraction of sp³-hybridized carbons (Fsp3) is 0.636. The van der Waals surface area contributed by atoms with Crippen LogP contribution in [0.2, 0.25) is 0 Å². The van der Waals surface area contributed by atoms with E-state index in [-0.39, 0.29) is 5.91 Å². The van der Waals surface area contributed by atoms with Gasteiger partial charge >= 0.3 is 0 Å². The summed E-state index contributed by atoms with van der Waals surface area (Å²) in [5, 5.41) is 7.34. The maximum atomic E-state index is 11.9. The quantitative estimate of drug-likeness (QED) is 0.787. The third kappa shape index (κ3) is 3.74. The van der Waals surface area contributed by atoms with Crippen LogP contribution in [0.25, 0.3) is 0 Å². The second-order valence-corrected chi connectivity index (χ2v) is 5.25. The minimum atomic E-state index is 0.267. The Labute approximate surface area is 106 Å². The first-order chi connectivity index (χ1) is 8.25. The van der Waals surface area contributed by atoms with Gasteiger partial charge in [0.2, 0.25) is 5.91 Å². The van der Waals surface area contributed by atoms with E-state index in [4.69, 9.17) is 0 Å². The lowest BCUT2D eigenvalue weighted by Gasteiger charge is -2.27. The molecular formula is C11H18N4OS. The van der Waals surface area contributed by atoms with Gasteiger partial charge in [-0.2, -0.15) is 5.10 Å². The molecule has 94 valence electrons. The van der Waals surface area contributed by atoms with E-state index in [2.05, 4.69) is 10.4 Å². The Hall–Kier alpha value is -1.01. The predicted molar refractivity (Wildman–Crippen MR) is 68.0 cm³/mol. The van der Waals surface area contributed by atoms with Crippen LogP contribution in [0.4, 0.5) is 0 Å². The standard InChI is InChI=1S/C11H18N4OS/c1-14-9-10(8-13-14)17-7-2-11(16)15-5-3-12-4-6-15/h8-9,12H,2-7H2,1H3. The van der Waals surface area contributed by atoms with Gasteiger partial charge in [-0.05, 0) is 0 Å². The van der Waals surface area contributed by atoms with E-state index in [9.17, 15) is 4.79 Å². The smallest absolute Gasteiger partial charge is 0.223 e. The molecule has 0 radical (unpaired) electrons. The van der Waals surface area contributed by atoms with Crippen molar-refractivity contribution < 1.29 is 4.79 Å². The summed E-state index contributed by atoms with van der Waals surface area (Å²) in [6.07, 6.45) is 4.42. The second-order valence-electron chi connectivity index (χ2n) is 4.08. The molecule has 2 heterocycles. The molecule has 0 aromatic carbocycles. The predicted octanol–water partition coefficient (Wildman–Crippen LogP) is 0.334. The van der Waals surface area contributed by atoms with Crippen LogP contribution in [0, 0.1) is 0 Å². The van der Waals surface area contributed by atoms with Crippen molar-refractivity contribution in [1.29, 1.82) is 0 Å². The van der Waals surface area contributed by atoms with Gasteiger partial charge in [-0.25, -0.2) is 0 Å². The molecule has 1 aromatic rings. The van der Waals surface area contributed by atoms with Gasteiger partial charge in [0.1, 0.15) is 0 Å². The zero-order valence-electron chi connectivity index (χ0n) is 10.1. The molecule has 5 nitrogen and oxygen atoms in total. The molecule has 1 aliphatic rings. The van der Waals surface area contributed by atoms with Crippen molar-refractivity contribution in [2.45, 2.75) is 11.3 Å². The first-order valence-electron chi connectivity index (χ1n) is 5.85. The van der Waals surface area contributed by atoms with Gasteiger partial charge in [-0.1, -0.05) is 0 Å². The van der Waals surface area contributed by atoms with Gasteiger partial charge in [0.05, 0.1) is 6.20 Å². The molecule has 17 heavy (non-hydrogen) atoms. The van der Waals surface area contributed by atoms with Crippen LogP contribution in [0.1, 0.15) is 6.42 Å². The van der Waals surface area contributed by atoms with Crippen LogP contribution in [-0.4, -0.2) is 52.5 Å². The van der Waals surface area contributed by atoms with E-state index in [1.807, 2.05) is 24.3 Å². The van der Waals surface area contributed by atoms with Gasteiger partial charge in [0.25, 0.3) is 0 Å². The number of amides is 1. The number of nitrogens with zero attached hydrogens (tertiary/aromatic N) is 3. The van der Waals surface area contributed by atoms with E-state index in [1.54, 1.807) is 16.4 Å². The van der Waals surface area contributed by atoms with Crippen molar-refractivity contribution in [2.24, 2.45) is 7.05 Å². The molecule has 2 rings (SSSR count). The molecule has 6 heteroatoms. The Kier molecular flexibility index (Phi) is 4.44. The SMILES string of the molecule is Cn1cc(SCCC(=O)N2CCNCC2)cn1. The maximum Gasteiger partial charge on any atom is 0.223 e. The maximum absolute atomic E-state index is 11.9. The highest BCUT2D eigenvalue weighted by molar-refractivity contribution is 7.99. The number of hydrogen-bond acceptors (Lipinski definition) is 4. The van der Waals surface area contributed by atoms with Crippen LogP contribution in [-0.2, 0) is 11.8 Å². The molecule has 1 aliphatic heterocycles. The number of thioether (sulfide) groups is 1.